The number of aromatic amines is 2. The van der Waals surface area contributed by atoms with Crippen molar-refractivity contribution in [1.29, 1.82) is 0 Å². The molecule has 0 fully saturated rings. The maximum absolute atomic E-state index is 11.0. The zero-order valence-corrected chi connectivity index (χ0v) is 7.07. The smallest absolute Gasteiger partial charge is 0.446 e. The molecule has 0 bridgehead atoms. The highest BCUT2D eigenvalue weighted by Crippen LogP contribution is 2.01. The Morgan fingerprint density at radius 1 is 1.75 bits per heavy atom. The second-order valence-electron chi connectivity index (χ2n) is 2.01. The number of aromatic hydroxyl groups is 1. The first-order chi connectivity index (χ1) is 5.63. The first kappa shape index (κ1) is 8.79. The van der Waals surface area contributed by atoms with E-state index < -0.39 is 11.6 Å². The summed E-state index contributed by atoms with van der Waals surface area (Å²) in [6, 6.07) is 0.679. The lowest BCUT2D eigenvalue weighted by Crippen LogP contribution is -2.22. The summed E-state index contributed by atoms with van der Waals surface area (Å²) < 4.78 is 0. The largest absolute Gasteiger partial charge is 0.452 e. The van der Waals surface area contributed by atoms with Crippen molar-refractivity contribution in [1.82, 2.24) is 4.98 Å². The van der Waals surface area contributed by atoms with Gasteiger partial charge in [-0.3, -0.25) is 4.79 Å². The van der Waals surface area contributed by atoms with Crippen LogP contribution < -0.4 is 10.5 Å². The molecule has 0 spiro atoms. The minimum atomic E-state index is -0.511. The van der Waals surface area contributed by atoms with Crippen LogP contribution in [0.3, 0.4) is 0 Å². The predicted molar refractivity (Wildman–Crippen MR) is 43.1 cm³/mol. The number of carbonyl (C=O) groups is 1. The van der Waals surface area contributed by atoms with Gasteiger partial charge in [-0.15, -0.1) is 0 Å². The average molecular weight is 187 g/mol. The van der Waals surface area contributed by atoms with Gasteiger partial charge in [-0.05, 0) is 6.26 Å². The third-order valence-electron chi connectivity index (χ3n) is 1.18. The fourth-order valence-corrected chi connectivity index (χ4v) is 1.03. The number of H-pyrrole nitrogens is 2. The Balaban J connectivity index is 3.17. The summed E-state index contributed by atoms with van der Waals surface area (Å²) in [6.45, 7) is 0. The van der Waals surface area contributed by atoms with Crippen molar-refractivity contribution >= 4 is 16.9 Å². The van der Waals surface area contributed by atoms with Crippen LogP contribution in [0.25, 0.3) is 0 Å². The van der Waals surface area contributed by atoms with E-state index in [-0.39, 0.29) is 10.8 Å². The highest BCUT2D eigenvalue weighted by atomic mass is 32.2. The molecule has 3 N–H and O–H groups in total. The van der Waals surface area contributed by atoms with Crippen molar-refractivity contribution in [3.05, 3.63) is 22.1 Å². The van der Waals surface area contributed by atoms with Crippen molar-refractivity contribution < 1.29 is 14.9 Å². The van der Waals surface area contributed by atoms with Crippen LogP contribution >= 0.6 is 11.8 Å². The molecule has 12 heavy (non-hydrogen) atoms. The molecule has 1 rings (SSSR count). The molecule has 64 valence electrons. The standard InChI is InChI=1S/C6H6N2O3S/c1-12-5(10)3-2-4(9)8-6(11)7-3/h2H,1H3,(H2,7,8,9,11)/p+1. The second kappa shape index (κ2) is 3.40. The van der Waals surface area contributed by atoms with E-state index in [4.69, 9.17) is 5.11 Å². The molecule has 0 aliphatic rings. The molecule has 1 aromatic heterocycles. The lowest BCUT2D eigenvalue weighted by molar-refractivity contribution is -0.402. The molecule has 0 aromatic carbocycles. The van der Waals surface area contributed by atoms with Gasteiger partial charge >= 0.3 is 11.6 Å². The van der Waals surface area contributed by atoms with Crippen molar-refractivity contribution in [2.75, 3.05) is 6.26 Å². The van der Waals surface area contributed by atoms with Gasteiger partial charge in [-0.25, -0.2) is 9.78 Å². The summed E-state index contributed by atoms with van der Waals surface area (Å²) in [5, 5.41) is 8.57. The summed E-state index contributed by atoms with van der Waals surface area (Å²) in [7, 11) is 0. The third-order valence-corrected chi connectivity index (χ3v) is 1.77. The van der Waals surface area contributed by atoms with E-state index >= 15 is 0 Å². The monoisotopic (exact) mass is 187 g/mol. The van der Waals surface area contributed by atoms with E-state index in [1.807, 2.05) is 0 Å². The predicted octanol–water partition coefficient (Wildman–Crippen LogP) is -0.602. The van der Waals surface area contributed by atoms with E-state index in [2.05, 4.69) is 9.97 Å². The fourth-order valence-electron chi connectivity index (χ4n) is 0.699. The van der Waals surface area contributed by atoms with Crippen LogP contribution in [0.4, 0.5) is 0 Å². The third kappa shape index (κ3) is 1.85. The number of nitrogens with one attached hydrogen (secondary N) is 2. The molecule has 0 aliphatic heterocycles. The summed E-state index contributed by atoms with van der Waals surface area (Å²) in [5.41, 5.74) is -0.424. The van der Waals surface area contributed by atoms with Gasteiger partial charge in [0.15, 0.2) is 5.69 Å². The SMILES string of the molecule is CSC(=O)c1cc(=O)[nH]c(O)[nH+]1. The lowest BCUT2D eigenvalue weighted by Gasteiger charge is -1.90. The Bertz CT molecular complexity index is 360. The Morgan fingerprint density at radius 2 is 2.42 bits per heavy atom. The van der Waals surface area contributed by atoms with Crippen LogP contribution in [-0.4, -0.2) is 21.5 Å². The molecule has 0 radical (unpaired) electrons. The molecule has 0 atom stereocenters. The molecule has 0 unspecified atom stereocenters. The van der Waals surface area contributed by atoms with Gasteiger partial charge in [-0.2, -0.15) is 4.98 Å². The van der Waals surface area contributed by atoms with Gasteiger partial charge in [0.05, 0.1) is 6.07 Å². The van der Waals surface area contributed by atoms with Crippen LogP contribution in [0, 0.1) is 0 Å². The summed E-state index contributed by atoms with van der Waals surface area (Å²) in [4.78, 5) is 26.1. The van der Waals surface area contributed by atoms with Crippen molar-refractivity contribution in [2.45, 2.75) is 0 Å². The number of hydrogen-bond donors (Lipinski definition) is 2. The molecule has 0 amide bonds. The van der Waals surface area contributed by atoms with Crippen LogP contribution in [0.5, 0.6) is 6.01 Å². The van der Waals surface area contributed by atoms with Gasteiger partial charge in [0.2, 0.25) is 0 Å². The van der Waals surface area contributed by atoms with Crippen LogP contribution in [0.2, 0.25) is 0 Å². The molecule has 0 saturated heterocycles. The number of hydrogen-bond acceptors (Lipinski definition) is 4. The zero-order chi connectivity index (χ0) is 9.14. The first-order valence-corrected chi connectivity index (χ1v) is 4.30. The van der Waals surface area contributed by atoms with Gasteiger partial charge in [-0.1, -0.05) is 11.8 Å². The molecule has 6 heteroatoms. The molecular weight excluding hydrogens is 180 g/mol. The van der Waals surface area contributed by atoms with Crippen molar-refractivity contribution in [3.63, 3.8) is 0 Å². The highest BCUT2D eigenvalue weighted by Gasteiger charge is 2.12. The normalized spacial score (nSPS) is 9.75. The topological polar surface area (TPSA) is 84.3 Å². The number of thioether (sulfide) groups is 1. The van der Waals surface area contributed by atoms with Gasteiger partial charge in [0.1, 0.15) is 0 Å². The van der Waals surface area contributed by atoms with Gasteiger partial charge < -0.3 is 5.11 Å². The van der Waals surface area contributed by atoms with Crippen molar-refractivity contribution in [2.24, 2.45) is 0 Å². The van der Waals surface area contributed by atoms with E-state index in [0.29, 0.717) is 0 Å². The van der Waals surface area contributed by atoms with E-state index in [9.17, 15) is 9.59 Å². The quantitative estimate of drug-likeness (QED) is 0.614. The van der Waals surface area contributed by atoms with Crippen molar-refractivity contribution in [3.8, 4) is 6.01 Å². The molecular formula is C6H7N2O3S+. The Morgan fingerprint density at radius 3 is 2.92 bits per heavy atom. The van der Waals surface area contributed by atoms with Crippen LogP contribution in [0.15, 0.2) is 10.9 Å². The molecule has 1 aromatic rings. The summed E-state index contributed by atoms with van der Waals surface area (Å²) in [5.74, 6) is 0. The summed E-state index contributed by atoms with van der Waals surface area (Å²) in [6.07, 6.45) is 1.59. The molecule has 0 aliphatic carbocycles. The fraction of sp³-hybridized carbons (Fsp3) is 0.167. The van der Waals surface area contributed by atoms with Gasteiger partial charge in [0, 0.05) is 0 Å². The maximum Gasteiger partial charge on any atom is 0.452 e. The Labute approximate surface area is 71.8 Å². The summed E-state index contributed by atoms with van der Waals surface area (Å²) >= 11 is 0.961. The van der Waals surface area contributed by atoms with E-state index in [1.165, 1.54) is 0 Å². The second-order valence-corrected chi connectivity index (χ2v) is 2.79. The highest BCUT2D eigenvalue weighted by molar-refractivity contribution is 8.13. The lowest BCUT2D eigenvalue weighted by atomic mass is 10.4. The maximum atomic E-state index is 11.0. The van der Waals surface area contributed by atoms with E-state index in [1.54, 1.807) is 6.26 Å². The average Bonchev–Trinajstić information content (AvgIpc) is 2.01. The number of carbonyl (C=O) groups excluding carboxylic acids is 1. The van der Waals surface area contributed by atoms with E-state index in [0.717, 1.165) is 17.8 Å². The van der Waals surface area contributed by atoms with Gasteiger partial charge in [0.25, 0.3) is 5.12 Å². The van der Waals surface area contributed by atoms with Crippen LogP contribution in [0.1, 0.15) is 10.5 Å². The first-order valence-electron chi connectivity index (χ1n) is 3.07. The number of aromatic nitrogens is 2. The zero-order valence-electron chi connectivity index (χ0n) is 6.25. The molecule has 0 saturated carbocycles. The molecule has 1 heterocycles. The Hall–Kier alpha value is -1.30. The van der Waals surface area contributed by atoms with Crippen LogP contribution in [-0.2, 0) is 0 Å². The minimum Gasteiger partial charge on any atom is -0.446 e. The Kier molecular flexibility index (Phi) is 2.49. The minimum absolute atomic E-state index is 0.0868. The molecule has 5 nitrogen and oxygen atoms in total. The number of rotatable bonds is 1.